The third kappa shape index (κ3) is 6.04. The fourth-order valence-corrected chi connectivity index (χ4v) is 1.70. The first-order valence-electron chi connectivity index (χ1n) is 5.67. The van der Waals surface area contributed by atoms with E-state index in [1.54, 1.807) is 0 Å². The molecule has 0 unspecified atom stereocenters. The van der Waals surface area contributed by atoms with E-state index in [1.165, 1.54) is 23.3 Å². The summed E-state index contributed by atoms with van der Waals surface area (Å²) in [7, 11) is 0. The maximum Gasteiger partial charge on any atom is 0.126 e. The van der Waals surface area contributed by atoms with Gasteiger partial charge in [0.2, 0.25) is 0 Å². The highest BCUT2D eigenvalue weighted by Gasteiger charge is 1.97. The summed E-state index contributed by atoms with van der Waals surface area (Å²) in [4.78, 5) is 0. The van der Waals surface area contributed by atoms with Crippen LogP contribution >= 0.6 is 23.2 Å². The average molecular weight is 303 g/mol. The largest absolute Gasteiger partial charge is 0.207 e. The van der Waals surface area contributed by atoms with Crippen LogP contribution in [0.15, 0.2) is 42.5 Å². The topological polar surface area (TPSA) is 0 Å². The van der Waals surface area contributed by atoms with E-state index in [-0.39, 0.29) is 5.88 Å². The first kappa shape index (κ1) is 15.9. The Labute approximate surface area is 122 Å². The molecular weight excluding hydrogens is 289 g/mol. The Hall–Kier alpha value is -1.12. The van der Waals surface area contributed by atoms with Crippen molar-refractivity contribution >= 4 is 23.2 Å². The number of benzene rings is 2. The van der Waals surface area contributed by atoms with E-state index in [0.29, 0.717) is 11.4 Å². The van der Waals surface area contributed by atoms with Crippen molar-refractivity contribution in [2.75, 3.05) is 0 Å². The summed E-state index contributed by atoms with van der Waals surface area (Å²) >= 11 is 10.9. The van der Waals surface area contributed by atoms with Crippen molar-refractivity contribution in [3.63, 3.8) is 0 Å². The summed E-state index contributed by atoms with van der Waals surface area (Å²) in [6.07, 6.45) is 0. The lowest BCUT2D eigenvalue weighted by Gasteiger charge is -1.94. The Bertz CT molecular complexity index is 490. The molecule has 102 valence electrons. The molecule has 0 aromatic heterocycles. The Morgan fingerprint density at radius 2 is 1.26 bits per heavy atom. The van der Waals surface area contributed by atoms with Gasteiger partial charge < -0.3 is 0 Å². The van der Waals surface area contributed by atoms with Gasteiger partial charge in [-0.1, -0.05) is 29.8 Å². The second-order valence-corrected chi connectivity index (χ2v) is 4.57. The second kappa shape index (κ2) is 8.13. The normalized spacial score (nSPS) is 9.74. The van der Waals surface area contributed by atoms with E-state index in [4.69, 9.17) is 23.2 Å². The van der Waals surface area contributed by atoms with Crippen molar-refractivity contribution in [3.05, 3.63) is 70.8 Å². The highest BCUT2D eigenvalue weighted by Crippen LogP contribution is 2.09. The van der Waals surface area contributed by atoms with Crippen molar-refractivity contribution in [2.45, 2.75) is 18.7 Å². The van der Waals surface area contributed by atoms with Crippen LogP contribution in [0, 0.1) is 18.6 Å². The minimum atomic E-state index is -0.587. The Kier molecular flexibility index (Phi) is 6.82. The van der Waals surface area contributed by atoms with Crippen LogP contribution in [0.3, 0.4) is 0 Å². The molecule has 0 saturated heterocycles. The summed E-state index contributed by atoms with van der Waals surface area (Å²) in [5.74, 6) is -0.430. The van der Waals surface area contributed by atoms with E-state index in [9.17, 15) is 8.78 Å². The van der Waals surface area contributed by atoms with Crippen LogP contribution in [-0.2, 0) is 11.8 Å². The Balaban J connectivity index is 0.000000191. The van der Waals surface area contributed by atoms with E-state index >= 15 is 0 Å². The fourth-order valence-electron chi connectivity index (χ4n) is 1.37. The lowest BCUT2D eigenvalue weighted by Crippen LogP contribution is -1.83. The van der Waals surface area contributed by atoms with Gasteiger partial charge in [0, 0.05) is 17.8 Å². The third-order valence-corrected chi connectivity index (χ3v) is 2.97. The maximum atomic E-state index is 12.3. The van der Waals surface area contributed by atoms with E-state index in [0.717, 1.165) is 6.07 Å². The zero-order chi connectivity index (χ0) is 14.3. The quantitative estimate of drug-likeness (QED) is 0.648. The van der Waals surface area contributed by atoms with Crippen molar-refractivity contribution in [2.24, 2.45) is 0 Å². The molecular formula is C15H14Cl2F2. The van der Waals surface area contributed by atoms with Crippen molar-refractivity contribution in [1.82, 2.24) is 0 Å². The molecule has 0 aliphatic heterocycles. The first-order chi connectivity index (χ1) is 9.05. The Morgan fingerprint density at radius 3 is 1.68 bits per heavy atom. The molecule has 2 aromatic rings. The summed E-state index contributed by atoms with van der Waals surface area (Å²) < 4.78 is 24.6. The molecule has 0 fully saturated rings. The van der Waals surface area contributed by atoms with Crippen LogP contribution < -0.4 is 0 Å². The number of hydrogen-bond donors (Lipinski definition) is 0. The molecule has 0 heterocycles. The minimum absolute atomic E-state index is 0.134. The number of aryl methyl sites for hydroxylation is 1. The lowest BCUT2D eigenvalue weighted by atomic mass is 10.2. The van der Waals surface area contributed by atoms with E-state index in [2.05, 4.69) is 19.1 Å². The van der Waals surface area contributed by atoms with Crippen LogP contribution in [0.5, 0.6) is 0 Å². The lowest BCUT2D eigenvalue weighted by molar-refractivity contribution is 0.581. The number of halogens is 4. The molecule has 0 aliphatic carbocycles. The minimum Gasteiger partial charge on any atom is -0.207 e. The summed E-state index contributed by atoms with van der Waals surface area (Å²) in [6, 6.07) is 11.4. The Morgan fingerprint density at radius 1 is 0.789 bits per heavy atom. The molecule has 4 heteroatoms. The van der Waals surface area contributed by atoms with Gasteiger partial charge >= 0.3 is 0 Å². The predicted molar refractivity (Wildman–Crippen MR) is 76.7 cm³/mol. The molecule has 0 radical (unpaired) electrons. The van der Waals surface area contributed by atoms with Gasteiger partial charge in [-0.15, -0.1) is 23.2 Å². The molecule has 0 spiro atoms. The molecule has 0 amide bonds. The van der Waals surface area contributed by atoms with Gasteiger partial charge in [-0.3, -0.25) is 0 Å². The van der Waals surface area contributed by atoms with E-state index < -0.39 is 11.6 Å². The highest BCUT2D eigenvalue weighted by atomic mass is 35.5. The fraction of sp³-hybridized carbons (Fsp3) is 0.200. The number of alkyl halides is 2. The van der Waals surface area contributed by atoms with Gasteiger partial charge in [-0.25, -0.2) is 8.78 Å². The van der Waals surface area contributed by atoms with E-state index in [1.807, 2.05) is 12.1 Å². The van der Waals surface area contributed by atoms with Gasteiger partial charge in [0.15, 0.2) is 0 Å². The third-order valence-electron chi connectivity index (χ3n) is 2.35. The molecule has 2 rings (SSSR count). The molecule has 0 atom stereocenters. The molecule has 0 nitrogen and oxygen atoms in total. The van der Waals surface area contributed by atoms with Crippen LogP contribution in [0.2, 0.25) is 0 Å². The van der Waals surface area contributed by atoms with Gasteiger partial charge in [-0.05, 0) is 30.2 Å². The summed E-state index contributed by atoms with van der Waals surface area (Å²) in [6.45, 7) is 2.07. The monoisotopic (exact) mass is 302 g/mol. The molecule has 19 heavy (non-hydrogen) atoms. The SMILES string of the molecule is Cc1ccc(CCl)cc1.Fc1cc(F)cc(CCl)c1. The van der Waals surface area contributed by atoms with Crippen LogP contribution in [0.1, 0.15) is 16.7 Å². The van der Waals surface area contributed by atoms with Crippen LogP contribution in [0.4, 0.5) is 8.78 Å². The van der Waals surface area contributed by atoms with Gasteiger partial charge in [0.1, 0.15) is 11.6 Å². The molecule has 0 saturated carbocycles. The second-order valence-electron chi connectivity index (χ2n) is 4.03. The number of rotatable bonds is 2. The zero-order valence-corrected chi connectivity index (χ0v) is 12.0. The predicted octanol–water partition coefficient (Wildman–Crippen LogP) is 5.44. The van der Waals surface area contributed by atoms with Gasteiger partial charge in [-0.2, -0.15) is 0 Å². The molecule has 0 aliphatic rings. The smallest absolute Gasteiger partial charge is 0.126 e. The molecule has 0 bridgehead atoms. The average Bonchev–Trinajstić information content (AvgIpc) is 2.39. The summed E-state index contributed by atoms with van der Waals surface area (Å²) in [5.41, 5.74) is 2.92. The standard InChI is InChI=1S/C8H9Cl.C7H5ClF2/c1-7-2-4-8(6-9)5-3-7;8-4-5-1-6(9)3-7(10)2-5/h2-5H,6H2,1H3;1-3H,4H2. The van der Waals surface area contributed by atoms with Crippen molar-refractivity contribution in [1.29, 1.82) is 0 Å². The van der Waals surface area contributed by atoms with Crippen molar-refractivity contribution < 1.29 is 8.78 Å². The highest BCUT2D eigenvalue weighted by molar-refractivity contribution is 6.17. The van der Waals surface area contributed by atoms with Crippen LogP contribution in [0.25, 0.3) is 0 Å². The maximum absolute atomic E-state index is 12.3. The summed E-state index contributed by atoms with van der Waals surface area (Å²) in [5, 5.41) is 0. The van der Waals surface area contributed by atoms with Gasteiger partial charge in [0.25, 0.3) is 0 Å². The molecule has 2 aromatic carbocycles. The molecule has 0 N–H and O–H groups in total. The zero-order valence-electron chi connectivity index (χ0n) is 10.5. The number of hydrogen-bond acceptors (Lipinski definition) is 0. The van der Waals surface area contributed by atoms with Gasteiger partial charge in [0.05, 0.1) is 0 Å². The van der Waals surface area contributed by atoms with Crippen LogP contribution in [-0.4, -0.2) is 0 Å². The first-order valence-corrected chi connectivity index (χ1v) is 6.74. The van der Waals surface area contributed by atoms with Crippen molar-refractivity contribution in [3.8, 4) is 0 Å².